The number of aromatic nitrogens is 4. The third kappa shape index (κ3) is 4.44. The highest BCUT2D eigenvalue weighted by atomic mass is 19.4. The number of hydrogen-bond donors (Lipinski definition) is 2. The van der Waals surface area contributed by atoms with Gasteiger partial charge in [0.25, 0.3) is 0 Å². The lowest BCUT2D eigenvalue weighted by Gasteiger charge is -2.12. The van der Waals surface area contributed by atoms with E-state index in [-0.39, 0.29) is 6.54 Å². The van der Waals surface area contributed by atoms with Crippen LogP contribution in [0.3, 0.4) is 0 Å². The molecular weight excluding hydrogens is 345 g/mol. The van der Waals surface area contributed by atoms with Crippen molar-refractivity contribution in [2.45, 2.75) is 19.6 Å². The topological polar surface area (TPSA) is 75.6 Å². The first-order valence-corrected chi connectivity index (χ1v) is 7.68. The Morgan fingerprint density at radius 1 is 1.12 bits per heavy atom. The molecule has 0 fully saturated rings. The van der Waals surface area contributed by atoms with Crippen LogP contribution < -0.4 is 10.6 Å². The Bertz CT molecular complexity index is 883. The van der Waals surface area contributed by atoms with Gasteiger partial charge in [-0.1, -0.05) is 12.1 Å². The number of nitrogens with zero attached hydrogens (tertiary/aromatic N) is 4. The second-order valence-corrected chi connectivity index (χ2v) is 5.50. The summed E-state index contributed by atoms with van der Waals surface area (Å²) < 4.78 is 38.4. The summed E-state index contributed by atoms with van der Waals surface area (Å²) in [5, 5.41) is 5.98. The molecule has 0 radical (unpaired) electrons. The van der Waals surface area contributed by atoms with Crippen LogP contribution in [0.2, 0.25) is 0 Å². The maximum atomic E-state index is 12.8. The zero-order valence-electron chi connectivity index (χ0n) is 13.7. The van der Waals surface area contributed by atoms with Crippen LogP contribution in [0.5, 0.6) is 0 Å². The molecule has 134 valence electrons. The van der Waals surface area contributed by atoms with E-state index < -0.39 is 11.7 Å². The number of anilines is 3. The van der Waals surface area contributed by atoms with E-state index in [1.165, 1.54) is 12.4 Å². The monoisotopic (exact) mass is 360 g/mol. The van der Waals surface area contributed by atoms with Gasteiger partial charge in [-0.15, -0.1) is 0 Å². The third-order valence-electron chi connectivity index (χ3n) is 3.51. The lowest BCUT2D eigenvalue weighted by molar-refractivity contribution is -0.137. The number of hydrogen-bond acceptors (Lipinski definition) is 6. The number of benzene rings is 1. The lowest BCUT2D eigenvalue weighted by Crippen LogP contribution is -2.09. The molecule has 2 N–H and O–H groups in total. The summed E-state index contributed by atoms with van der Waals surface area (Å²) in [4.78, 5) is 16.3. The molecule has 0 amide bonds. The SMILES string of the molecule is Cc1cnc(Nc2ccncn2)nc1NCc1cccc(C(F)(F)F)c1. The van der Waals surface area contributed by atoms with Crippen molar-refractivity contribution in [3.8, 4) is 0 Å². The van der Waals surface area contributed by atoms with Crippen molar-refractivity contribution in [2.75, 3.05) is 10.6 Å². The van der Waals surface area contributed by atoms with E-state index in [1.54, 1.807) is 24.5 Å². The number of nitrogens with one attached hydrogen (secondary N) is 2. The molecule has 0 saturated carbocycles. The molecule has 9 heteroatoms. The van der Waals surface area contributed by atoms with Crippen LogP contribution in [-0.2, 0) is 12.7 Å². The fourth-order valence-corrected chi connectivity index (χ4v) is 2.20. The largest absolute Gasteiger partial charge is 0.416 e. The van der Waals surface area contributed by atoms with Crippen molar-refractivity contribution < 1.29 is 13.2 Å². The molecule has 26 heavy (non-hydrogen) atoms. The summed E-state index contributed by atoms with van der Waals surface area (Å²) in [7, 11) is 0. The summed E-state index contributed by atoms with van der Waals surface area (Å²) in [6.07, 6.45) is 0.222. The molecule has 3 aromatic rings. The van der Waals surface area contributed by atoms with E-state index in [0.717, 1.165) is 17.7 Å². The van der Waals surface area contributed by atoms with E-state index in [1.807, 2.05) is 6.92 Å². The van der Waals surface area contributed by atoms with Gasteiger partial charge in [0, 0.05) is 24.5 Å². The van der Waals surface area contributed by atoms with Crippen LogP contribution in [-0.4, -0.2) is 19.9 Å². The van der Waals surface area contributed by atoms with Gasteiger partial charge < -0.3 is 10.6 Å². The molecule has 1 aromatic carbocycles. The molecule has 3 rings (SSSR count). The zero-order chi connectivity index (χ0) is 18.6. The first-order chi connectivity index (χ1) is 12.4. The smallest absolute Gasteiger partial charge is 0.366 e. The molecule has 0 unspecified atom stereocenters. The van der Waals surface area contributed by atoms with Crippen LogP contribution >= 0.6 is 0 Å². The highest BCUT2D eigenvalue weighted by Gasteiger charge is 2.30. The van der Waals surface area contributed by atoms with Crippen molar-refractivity contribution in [1.29, 1.82) is 0 Å². The first kappa shape index (κ1) is 17.6. The molecule has 2 aromatic heterocycles. The van der Waals surface area contributed by atoms with Gasteiger partial charge >= 0.3 is 6.18 Å². The maximum Gasteiger partial charge on any atom is 0.416 e. The average Bonchev–Trinajstić information content (AvgIpc) is 2.62. The highest BCUT2D eigenvalue weighted by molar-refractivity contribution is 5.52. The Balaban J connectivity index is 1.73. The van der Waals surface area contributed by atoms with Crippen LogP contribution in [0.1, 0.15) is 16.7 Å². The molecule has 0 aliphatic heterocycles. The summed E-state index contributed by atoms with van der Waals surface area (Å²) >= 11 is 0. The second-order valence-electron chi connectivity index (χ2n) is 5.50. The Hall–Kier alpha value is -3.23. The summed E-state index contributed by atoms with van der Waals surface area (Å²) in [5.41, 5.74) is 0.593. The Kier molecular flexibility index (Phi) is 4.97. The molecule has 0 aliphatic rings. The van der Waals surface area contributed by atoms with Gasteiger partial charge in [0.1, 0.15) is 18.0 Å². The average molecular weight is 360 g/mol. The van der Waals surface area contributed by atoms with Gasteiger partial charge in [-0.3, -0.25) is 0 Å². The number of aryl methyl sites for hydroxylation is 1. The lowest BCUT2D eigenvalue weighted by atomic mass is 10.1. The summed E-state index contributed by atoms with van der Waals surface area (Å²) in [5.74, 6) is 1.38. The minimum absolute atomic E-state index is 0.203. The van der Waals surface area contributed by atoms with Crippen LogP contribution in [0.25, 0.3) is 0 Å². The van der Waals surface area contributed by atoms with Gasteiger partial charge in [-0.2, -0.15) is 18.2 Å². The Labute approximate surface area is 147 Å². The van der Waals surface area contributed by atoms with Gasteiger partial charge in [-0.05, 0) is 30.7 Å². The van der Waals surface area contributed by atoms with E-state index in [4.69, 9.17) is 0 Å². The number of halogens is 3. The van der Waals surface area contributed by atoms with Crippen LogP contribution in [0.4, 0.5) is 30.8 Å². The fraction of sp³-hybridized carbons (Fsp3) is 0.176. The van der Waals surface area contributed by atoms with E-state index in [0.29, 0.717) is 23.1 Å². The van der Waals surface area contributed by atoms with E-state index >= 15 is 0 Å². The van der Waals surface area contributed by atoms with Crippen molar-refractivity contribution in [1.82, 2.24) is 19.9 Å². The molecule has 0 aliphatic carbocycles. The molecule has 0 atom stereocenters. The number of alkyl halides is 3. The van der Waals surface area contributed by atoms with E-state index in [2.05, 4.69) is 30.6 Å². The van der Waals surface area contributed by atoms with Gasteiger partial charge in [-0.25, -0.2) is 15.0 Å². The standard InChI is InChI=1S/C17H15F3N6/c1-11-8-23-16(25-14-5-6-21-10-24-14)26-15(11)22-9-12-3-2-4-13(7-12)17(18,19)20/h2-8,10H,9H2,1H3,(H2,21,22,23,24,25,26). The number of rotatable bonds is 5. The normalized spacial score (nSPS) is 11.2. The minimum atomic E-state index is -4.37. The van der Waals surface area contributed by atoms with Crippen LogP contribution in [0, 0.1) is 6.92 Å². The molecule has 6 nitrogen and oxygen atoms in total. The summed E-state index contributed by atoms with van der Waals surface area (Å²) in [6, 6.07) is 6.83. The molecule has 0 bridgehead atoms. The predicted molar refractivity (Wildman–Crippen MR) is 90.9 cm³/mol. The van der Waals surface area contributed by atoms with Crippen LogP contribution in [0.15, 0.2) is 49.1 Å². The molecule has 2 heterocycles. The van der Waals surface area contributed by atoms with Gasteiger partial charge in [0.05, 0.1) is 5.56 Å². The third-order valence-corrected chi connectivity index (χ3v) is 3.51. The Morgan fingerprint density at radius 2 is 1.96 bits per heavy atom. The fourth-order valence-electron chi connectivity index (χ4n) is 2.20. The van der Waals surface area contributed by atoms with Gasteiger partial charge in [0.15, 0.2) is 0 Å². The predicted octanol–water partition coefficient (Wildman–Crippen LogP) is 3.95. The molecule has 0 spiro atoms. The Morgan fingerprint density at radius 3 is 2.69 bits per heavy atom. The molecular formula is C17H15F3N6. The quantitative estimate of drug-likeness (QED) is 0.718. The summed E-state index contributed by atoms with van der Waals surface area (Å²) in [6.45, 7) is 2.01. The van der Waals surface area contributed by atoms with Crippen molar-refractivity contribution in [3.63, 3.8) is 0 Å². The van der Waals surface area contributed by atoms with Crippen molar-refractivity contribution >= 4 is 17.6 Å². The minimum Gasteiger partial charge on any atom is -0.366 e. The van der Waals surface area contributed by atoms with Crippen molar-refractivity contribution in [3.05, 3.63) is 65.7 Å². The highest BCUT2D eigenvalue weighted by Crippen LogP contribution is 2.29. The molecule has 0 saturated heterocycles. The zero-order valence-corrected chi connectivity index (χ0v) is 13.7. The first-order valence-electron chi connectivity index (χ1n) is 7.68. The van der Waals surface area contributed by atoms with Gasteiger partial charge in [0.2, 0.25) is 5.95 Å². The van der Waals surface area contributed by atoms with E-state index in [9.17, 15) is 13.2 Å². The second kappa shape index (κ2) is 7.34. The van der Waals surface area contributed by atoms with Crippen molar-refractivity contribution in [2.24, 2.45) is 0 Å². The maximum absolute atomic E-state index is 12.8.